The standard InChI is InChI=1S/C15H16O/c1-12-4-2-5-13(8-12)9-14-6-3-7-15(10-14)11-16/h2-8,10,16H,9,11H2,1H3. The topological polar surface area (TPSA) is 20.2 Å². The van der Waals surface area contributed by atoms with Gasteiger partial charge in [0.15, 0.2) is 0 Å². The fourth-order valence-electron chi connectivity index (χ4n) is 1.90. The van der Waals surface area contributed by atoms with Crippen molar-refractivity contribution in [2.24, 2.45) is 0 Å². The normalized spacial score (nSPS) is 10.4. The number of aliphatic hydroxyl groups is 1. The number of benzene rings is 2. The molecule has 0 aromatic heterocycles. The Kier molecular flexibility index (Phi) is 3.37. The van der Waals surface area contributed by atoms with Crippen molar-refractivity contribution in [3.05, 3.63) is 70.8 Å². The van der Waals surface area contributed by atoms with Crippen LogP contribution in [-0.4, -0.2) is 5.11 Å². The smallest absolute Gasteiger partial charge is 0.0681 e. The first kappa shape index (κ1) is 10.9. The van der Waals surface area contributed by atoms with Crippen LogP contribution in [0.4, 0.5) is 0 Å². The third kappa shape index (κ3) is 2.71. The molecular weight excluding hydrogens is 196 g/mol. The lowest BCUT2D eigenvalue weighted by atomic mass is 10.0. The molecule has 2 rings (SSSR count). The number of rotatable bonds is 3. The zero-order chi connectivity index (χ0) is 11.4. The molecule has 0 radical (unpaired) electrons. The fourth-order valence-corrected chi connectivity index (χ4v) is 1.90. The van der Waals surface area contributed by atoms with Crippen LogP contribution in [0, 0.1) is 6.92 Å². The van der Waals surface area contributed by atoms with Crippen molar-refractivity contribution in [2.75, 3.05) is 0 Å². The van der Waals surface area contributed by atoms with E-state index >= 15 is 0 Å². The molecule has 0 heterocycles. The van der Waals surface area contributed by atoms with E-state index in [1.54, 1.807) is 0 Å². The summed E-state index contributed by atoms with van der Waals surface area (Å²) in [5.74, 6) is 0. The summed E-state index contributed by atoms with van der Waals surface area (Å²) in [6, 6.07) is 16.6. The molecule has 0 aliphatic carbocycles. The van der Waals surface area contributed by atoms with Crippen molar-refractivity contribution in [1.82, 2.24) is 0 Å². The van der Waals surface area contributed by atoms with Crippen LogP contribution < -0.4 is 0 Å². The Morgan fingerprint density at radius 2 is 1.50 bits per heavy atom. The van der Waals surface area contributed by atoms with Gasteiger partial charge in [0.1, 0.15) is 0 Å². The minimum absolute atomic E-state index is 0.113. The first-order valence-electron chi connectivity index (χ1n) is 5.52. The largest absolute Gasteiger partial charge is 0.392 e. The van der Waals surface area contributed by atoms with E-state index in [1.807, 2.05) is 12.1 Å². The highest BCUT2D eigenvalue weighted by atomic mass is 16.3. The maximum Gasteiger partial charge on any atom is 0.0681 e. The third-order valence-electron chi connectivity index (χ3n) is 2.66. The van der Waals surface area contributed by atoms with Crippen LogP contribution >= 0.6 is 0 Å². The molecule has 1 N–H and O–H groups in total. The molecule has 0 saturated heterocycles. The molecule has 0 aliphatic rings. The first-order valence-corrected chi connectivity index (χ1v) is 5.52. The minimum Gasteiger partial charge on any atom is -0.392 e. The van der Waals surface area contributed by atoms with Crippen LogP contribution in [-0.2, 0) is 13.0 Å². The van der Waals surface area contributed by atoms with Crippen molar-refractivity contribution in [3.8, 4) is 0 Å². The van der Waals surface area contributed by atoms with Gasteiger partial charge in [0, 0.05) is 0 Å². The van der Waals surface area contributed by atoms with Crippen LogP contribution in [0.1, 0.15) is 22.3 Å². The summed E-state index contributed by atoms with van der Waals surface area (Å²) in [6.07, 6.45) is 0.926. The highest BCUT2D eigenvalue weighted by Crippen LogP contribution is 2.12. The Morgan fingerprint density at radius 3 is 2.19 bits per heavy atom. The van der Waals surface area contributed by atoms with Gasteiger partial charge in [0.05, 0.1) is 6.61 Å². The molecule has 0 saturated carbocycles. The van der Waals surface area contributed by atoms with Gasteiger partial charge >= 0.3 is 0 Å². The molecule has 0 amide bonds. The predicted octanol–water partition coefficient (Wildman–Crippen LogP) is 3.08. The summed E-state index contributed by atoms with van der Waals surface area (Å²) in [6.45, 7) is 2.22. The Hall–Kier alpha value is -1.60. The van der Waals surface area contributed by atoms with E-state index < -0.39 is 0 Å². The summed E-state index contributed by atoms with van der Waals surface area (Å²) < 4.78 is 0. The van der Waals surface area contributed by atoms with Crippen molar-refractivity contribution in [1.29, 1.82) is 0 Å². The van der Waals surface area contributed by atoms with Gasteiger partial charge in [0.2, 0.25) is 0 Å². The maximum atomic E-state index is 9.07. The first-order chi connectivity index (χ1) is 7.78. The number of hydrogen-bond acceptors (Lipinski definition) is 1. The van der Waals surface area contributed by atoms with E-state index in [-0.39, 0.29) is 6.61 Å². The van der Waals surface area contributed by atoms with Crippen molar-refractivity contribution >= 4 is 0 Å². The van der Waals surface area contributed by atoms with Crippen LogP contribution in [0.15, 0.2) is 48.5 Å². The lowest BCUT2D eigenvalue weighted by Gasteiger charge is -2.04. The molecule has 1 heteroatoms. The van der Waals surface area contributed by atoms with Gasteiger partial charge in [-0.15, -0.1) is 0 Å². The second-order valence-electron chi connectivity index (χ2n) is 4.14. The molecule has 0 unspecified atom stereocenters. The van der Waals surface area contributed by atoms with Crippen LogP contribution in [0.2, 0.25) is 0 Å². The van der Waals surface area contributed by atoms with E-state index in [1.165, 1.54) is 16.7 Å². The lowest BCUT2D eigenvalue weighted by Crippen LogP contribution is -1.91. The number of aryl methyl sites for hydroxylation is 1. The Balaban J connectivity index is 2.20. The lowest BCUT2D eigenvalue weighted by molar-refractivity contribution is 0.281. The SMILES string of the molecule is Cc1cccc(Cc2cccc(CO)c2)c1. The molecule has 0 aliphatic heterocycles. The van der Waals surface area contributed by atoms with Gasteiger partial charge < -0.3 is 5.11 Å². The monoisotopic (exact) mass is 212 g/mol. The molecule has 2 aromatic carbocycles. The van der Waals surface area contributed by atoms with Crippen LogP contribution in [0.3, 0.4) is 0 Å². The average molecular weight is 212 g/mol. The van der Waals surface area contributed by atoms with E-state index in [4.69, 9.17) is 5.11 Å². The summed E-state index contributed by atoms with van der Waals surface area (Å²) in [5, 5.41) is 9.07. The highest BCUT2D eigenvalue weighted by Gasteiger charge is 1.98. The molecule has 16 heavy (non-hydrogen) atoms. The second kappa shape index (κ2) is 4.95. The van der Waals surface area contributed by atoms with Gasteiger partial charge in [-0.25, -0.2) is 0 Å². The van der Waals surface area contributed by atoms with Gasteiger partial charge in [-0.05, 0) is 30.0 Å². The van der Waals surface area contributed by atoms with Gasteiger partial charge in [-0.3, -0.25) is 0 Å². The Labute approximate surface area is 96.4 Å². The summed E-state index contributed by atoms with van der Waals surface area (Å²) in [5.41, 5.74) is 4.83. The van der Waals surface area contributed by atoms with E-state index in [2.05, 4.69) is 43.3 Å². The van der Waals surface area contributed by atoms with Crippen LogP contribution in [0.5, 0.6) is 0 Å². The molecular formula is C15H16O. The quantitative estimate of drug-likeness (QED) is 0.829. The third-order valence-corrected chi connectivity index (χ3v) is 2.66. The molecule has 0 fully saturated rings. The highest BCUT2D eigenvalue weighted by molar-refractivity contribution is 5.31. The zero-order valence-corrected chi connectivity index (χ0v) is 9.48. The summed E-state index contributed by atoms with van der Waals surface area (Å²) in [4.78, 5) is 0. The molecule has 82 valence electrons. The molecule has 1 nitrogen and oxygen atoms in total. The van der Waals surface area contributed by atoms with E-state index in [0.717, 1.165) is 12.0 Å². The Bertz CT molecular complexity index is 474. The van der Waals surface area contributed by atoms with Crippen LogP contribution in [0.25, 0.3) is 0 Å². The summed E-state index contributed by atoms with van der Waals surface area (Å²) >= 11 is 0. The minimum atomic E-state index is 0.113. The van der Waals surface area contributed by atoms with Gasteiger partial charge in [-0.1, -0.05) is 54.1 Å². The second-order valence-corrected chi connectivity index (χ2v) is 4.14. The van der Waals surface area contributed by atoms with Gasteiger partial charge in [-0.2, -0.15) is 0 Å². The zero-order valence-electron chi connectivity index (χ0n) is 9.48. The molecule has 2 aromatic rings. The maximum absolute atomic E-state index is 9.07. The Morgan fingerprint density at radius 1 is 0.875 bits per heavy atom. The molecule has 0 bridgehead atoms. The summed E-state index contributed by atoms with van der Waals surface area (Å²) in [7, 11) is 0. The molecule has 0 spiro atoms. The fraction of sp³-hybridized carbons (Fsp3) is 0.200. The van der Waals surface area contributed by atoms with Crippen molar-refractivity contribution < 1.29 is 5.11 Å². The van der Waals surface area contributed by atoms with Crippen molar-refractivity contribution in [2.45, 2.75) is 20.0 Å². The number of aliphatic hydroxyl groups excluding tert-OH is 1. The predicted molar refractivity (Wildman–Crippen MR) is 66.3 cm³/mol. The van der Waals surface area contributed by atoms with E-state index in [9.17, 15) is 0 Å². The van der Waals surface area contributed by atoms with E-state index in [0.29, 0.717) is 0 Å². The average Bonchev–Trinajstić information content (AvgIpc) is 2.29. The number of hydrogen-bond donors (Lipinski definition) is 1. The molecule has 0 atom stereocenters. The van der Waals surface area contributed by atoms with Gasteiger partial charge in [0.25, 0.3) is 0 Å². The van der Waals surface area contributed by atoms with Crippen molar-refractivity contribution in [3.63, 3.8) is 0 Å².